The number of hydrogen-bond acceptors (Lipinski definition) is 5. The first kappa shape index (κ1) is 13.0. The first-order valence-corrected chi connectivity index (χ1v) is 6.83. The molecule has 1 N–H and O–H groups in total. The maximum atomic E-state index is 12.5. The van der Waals surface area contributed by atoms with Gasteiger partial charge in [0.1, 0.15) is 12.2 Å². The minimum Gasteiger partial charge on any atom is -0.311 e. The highest BCUT2D eigenvalue weighted by molar-refractivity contribution is 5.19. The molecule has 106 valence electrons. The molecule has 0 aliphatic carbocycles. The van der Waals surface area contributed by atoms with Crippen molar-refractivity contribution >= 4 is 0 Å². The van der Waals surface area contributed by atoms with Gasteiger partial charge in [-0.3, -0.25) is 9.36 Å². The Morgan fingerprint density at radius 1 is 1.40 bits per heavy atom. The summed E-state index contributed by atoms with van der Waals surface area (Å²) in [5.41, 5.74) is 1.72. The fraction of sp³-hybridized carbons (Fsp3) is 0.538. The number of aromatic nitrogens is 5. The molecular weight excluding hydrogens is 256 g/mol. The van der Waals surface area contributed by atoms with Crippen LogP contribution in [0.15, 0.2) is 17.4 Å². The first-order chi connectivity index (χ1) is 9.66. The molecule has 0 saturated heterocycles. The number of nitrogens with zero attached hydrogens (tertiary/aromatic N) is 5. The zero-order valence-electron chi connectivity index (χ0n) is 11.7. The highest BCUT2D eigenvalue weighted by Crippen LogP contribution is 2.08. The molecule has 0 fully saturated rings. The molecule has 0 bridgehead atoms. The van der Waals surface area contributed by atoms with Crippen LogP contribution in [0.5, 0.6) is 0 Å². The summed E-state index contributed by atoms with van der Waals surface area (Å²) in [6.07, 6.45) is 3.86. The highest BCUT2D eigenvalue weighted by Gasteiger charge is 2.16. The third-order valence-electron chi connectivity index (χ3n) is 3.51. The number of rotatable bonds is 3. The lowest BCUT2D eigenvalue weighted by Gasteiger charge is -2.17. The topological polar surface area (TPSA) is 77.6 Å². The number of fused-ring (bicyclic) bond motifs is 1. The Morgan fingerprint density at radius 3 is 3.05 bits per heavy atom. The van der Waals surface area contributed by atoms with Crippen LogP contribution in [0.4, 0.5) is 0 Å². The Balaban J connectivity index is 1.95. The molecule has 0 amide bonds. The fourth-order valence-corrected chi connectivity index (χ4v) is 2.47. The van der Waals surface area contributed by atoms with Gasteiger partial charge in [-0.05, 0) is 26.8 Å². The van der Waals surface area contributed by atoms with E-state index in [4.69, 9.17) is 0 Å². The lowest BCUT2D eigenvalue weighted by Crippen LogP contribution is -2.34. The molecular formula is C13H18N6O. The van der Waals surface area contributed by atoms with E-state index in [0.717, 1.165) is 30.0 Å². The van der Waals surface area contributed by atoms with Crippen LogP contribution in [0.1, 0.15) is 37.0 Å². The van der Waals surface area contributed by atoms with Crippen LogP contribution in [0, 0.1) is 0 Å². The van der Waals surface area contributed by atoms with Gasteiger partial charge in [-0.1, -0.05) is 0 Å². The van der Waals surface area contributed by atoms with Crippen molar-refractivity contribution in [3.05, 3.63) is 40.1 Å². The Bertz CT molecular complexity index is 672. The van der Waals surface area contributed by atoms with E-state index in [2.05, 4.69) is 20.4 Å². The van der Waals surface area contributed by atoms with Crippen molar-refractivity contribution in [3.63, 3.8) is 0 Å². The van der Waals surface area contributed by atoms with E-state index in [1.165, 1.54) is 6.33 Å². The average Bonchev–Trinajstić information content (AvgIpc) is 2.91. The summed E-state index contributed by atoms with van der Waals surface area (Å²) in [6, 6.07) is 0.220. The van der Waals surface area contributed by atoms with Gasteiger partial charge in [0.15, 0.2) is 0 Å². The third kappa shape index (κ3) is 2.24. The van der Waals surface area contributed by atoms with E-state index >= 15 is 0 Å². The molecule has 0 atom stereocenters. The zero-order chi connectivity index (χ0) is 14.1. The molecule has 0 unspecified atom stereocenters. The summed E-state index contributed by atoms with van der Waals surface area (Å²) in [5.74, 6) is 0.776. The van der Waals surface area contributed by atoms with Gasteiger partial charge in [-0.2, -0.15) is 5.10 Å². The molecule has 1 aliphatic heterocycles. The van der Waals surface area contributed by atoms with Crippen LogP contribution in [0.3, 0.4) is 0 Å². The van der Waals surface area contributed by atoms with Gasteiger partial charge in [-0.15, -0.1) is 0 Å². The molecule has 0 aromatic carbocycles. The van der Waals surface area contributed by atoms with E-state index < -0.39 is 0 Å². The molecule has 1 aliphatic rings. The summed E-state index contributed by atoms with van der Waals surface area (Å²) in [5, 5.41) is 7.41. The molecule has 0 radical (unpaired) electrons. The second-order valence-electron chi connectivity index (χ2n) is 5.24. The van der Waals surface area contributed by atoms with E-state index in [-0.39, 0.29) is 11.6 Å². The van der Waals surface area contributed by atoms with Crippen LogP contribution in [-0.2, 0) is 19.5 Å². The summed E-state index contributed by atoms with van der Waals surface area (Å²) in [4.78, 5) is 21.1. The van der Waals surface area contributed by atoms with Gasteiger partial charge >= 0.3 is 0 Å². The predicted octanol–water partition coefficient (Wildman–Crippen LogP) is 0.110. The van der Waals surface area contributed by atoms with Gasteiger partial charge in [0, 0.05) is 18.2 Å². The maximum absolute atomic E-state index is 12.5. The maximum Gasteiger partial charge on any atom is 0.257 e. The predicted molar refractivity (Wildman–Crippen MR) is 73.4 cm³/mol. The summed E-state index contributed by atoms with van der Waals surface area (Å²) < 4.78 is 3.44. The molecule has 7 nitrogen and oxygen atoms in total. The van der Waals surface area contributed by atoms with Gasteiger partial charge in [0.05, 0.1) is 18.6 Å². The van der Waals surface area contributed by atoms with Crippen molar-refractivity contribution in [1.82, 2.24) is 29.6 Å². The standard InChI is InChI=1S/C13H18N6O/c1-9(2)19-12(15-7-17-19)6-18-8-16-11-5-14-4-3-10(11)13(18)20/h7-9,14H,3-6H2,1-2H3. The SMILES string of the molecule is CC(C)n1ncnc1Cn1cnc2c(c1=O)CCNC2. The van der Waals surface area contributed by atoms with Gasteiger partial charge in [-0.25, -0.2) is 14.6 Å². The van der Waals surface area contributed by atoms with Crippen molar-refractivity contribution < 1.29 is 0 Å². The summed E-state index contributed by atoms with van der Waals surface area (Å²) in [6.45, 7) is 5.99. The molecule has 2 aromatic rings. The molecule has 20 heavy (non-hydrogen) atoms. The minimum atomic E-state index is 0.0369. The normalized spacial score (nSPS) is 14.6. The second kappa shape index (κ2) is 5.16. The van der Waals surface area contributed by atoms with E-state index in [1.807, 2.05) is 18.5 Å². The fourth-order valence-electron chi connectivity index (χ4n) is 2.47. The lowest BCUT2D eigenvalue weighted by atomic mass is 10.1. The molecule has 3 rings (SSSR count). The molecule has 7 heteroatoms. The van der Waals surface area contributed by atoms with Gasteiger partial charge in [0.25, 0.3) is 5.56 Å². The van der Waals surface area contributed by atoms with Crippen LogP contribution >= 0.6 is 0 Å². The van der Waals surface area contributed by atoms with Crippen LogP contribution in [0.25, 0.3) is 0 Å². The smallest absolute Gasteiger partial charge is 0.257 e. The van der Waals surface area contributed by atoms with E-state index in [0.29, 0.717) is 13.1 Å². The van der Waals surface area contributed by atoms with Crippen molar-refractivity contribution in [2.24, 2.45) is 0 Å². The van der Waals surface area contributed by atoms with Crippen molar-refractivity contribution in [3.8, 4) is 0 Å². The summed E-state index contributed by atoms with van der Waals surface area (Å²) in [7, 11) is 0. The van der Waals surface area contributed by atoms with Gasteiger partial charge in [0.2, 0.25) is 0 Å². The minimum absolute atomic E-state index is 0.0369. The van der Waals surface area contributed by atoms with Crippen molar-refractivity contribution in [1.29, 1.82) is 0 Å². The number of nitrogens with one attached hydrogen (secondary N) is 1. The molecule has 0 saturated carbocycles. The average molecular weight is 274 g/mol. The van der Waals surface area contributed by atoms with Crippen LogP contribution in [-0.4, -0.2) is 30.9 Å². The molecule has 0 spiro atoms. The molecule has 3 heterocycles. The zero-order valence-corrected chi connectivity index (χ0v) is 11.7. The van der Waals surface area contributed by atoms with E-state index in [1.54, 1.807) is 10.9 Å². The largest absolute Gasteiger partial charge is 0.311 e. The first-order valence-electron chi connectivity index (χ1n) is 6.83. The Hall–Kier alpha value is -2.02. The highest BCUT2D eigenvalue weighted by atomic mass is 16.1. The van der Waals surface area contributed by atoms with Crippen LogP contribution < -0.4 is 10.9 Å². The quantitative estimate of drug-likeness (QED) is 0.859. The third-order valence-corrected chi connectivity index (χ3v) is 3.51. The van der Waals surface area contributed by atoms with Crippen molar-refractivity contribution in [2.75, 3.05) is 6.54 Å². The second-order valence-corrected chi connectivity index (χ2v) is 5.24. The number of hydrogen-bond donors (Lipinski definition) is 1. The van der Waals surface area contributed by atoms with Crippen molar-refractivity contribution in [2.45, 2.75) is 39.4 Å². The lowest BCUT2D eigenvalue weighted by molar-refractivity contribution is 0.490. The van der Waals surface area contributed by atoms with E-state index in [9.17, 15) is 4.79 Å². The Morgan fingerprint density at radius 2 is 2.25 bits per heavy atom. The monoisotopic (exact) mass is 274 g/mol. The Kier molecular flexibility index (Phi) is 3.35. The molecule has 2 aromatic heterocycles. The van der Waals surface area contributed by atoms with Gasteiger partial charge < -0.3 is 5.32 Å². The van der Waals surface area contributed by atoms with Crippen LogP contribution in [0.2, 0.25) is 0 Å². The Labute approximate surface area is 116 Å². The summed E-state index contributed by atoms with van der Waals surface area (Å²) >= 11 is 0.